The van der Waals surface area contributed by atoms with E-state index in [1.54, 1.807) is 20.8 Å². The molecular formula is C13H16NO4-. The maximum absolute atomic E-state index is 11.7. The van der Waals surface area contributed by atoms with Crippen molar-refractivity contribution in [3.05, 3.63) is 35.4 Å². The van der Waals surface area contributed by atoms with Crippen LogP contribution in [-0.4, -0.2) is 17.5 Å². The molecule has 0 fully saturated rings. The maximum atomic E-state index is 11.7. The first kappa shape index (κ1) is 14.2. The summed E-state index contributed by atoms with van der Waals surface area (Å²) in [5, 5.41) is 10.6. The van der Waals surface area contributed by atoms with Gasteiger partial charge >= 0.3 is 5.97 Å². The number of rotatable bonds is 3. The fraction of sp³-hybridized carbons (Fsp3) is 0.385. The Balaban J connectivity index is 2.81. The molecule has 0 unspecified atom stereocenters. The molecule has 5 nitrogen and oxygen atoms in total. The largest absolute Gasteiger partial charge is 0.545 e. The van der Waals surface area contributed by atoms with E-state index < -0.39 is 23.6 Å². The number of hydrogen-bond donors (Lipinski definition) is 1. The Morgan fingerprint density at radius 2 is 1.72 bits per heavy atom. The molecule has 0 heterocycles. The number of esters is 1. The van der Waals surface area contributed by atoms with Crippen LogP contribution < -0.4 is 10.8 Å². The van der Waals surface area contributed by atoms with Gasteiger partial charge in [0.1, 0.15) is 11.6 Å². The first-order valence-electron chi connectivity index (χ1n) is 5.50. The van der Waals surface area contributed by atoms with E-state index in [1.165, 1.54) is 24.3 Å². The van der Waals surface area contributed by atoms with Crippen LogP contribution in [0.1, 0.15) is 42.7 Å². The number of benzene rings is 1. The van der Waals surface area contributed by atoms with Crippen LogP contribution in [-0.2, 0) is 9.53 Å². The molecule has 0 saturated carbocycles. The van der Waals surface area contributed by atoms with Gasteiger partial charge in [0.2, 0.25) is 0 Å². The van der Waals surface area contributed by atoms with Gasteiger partial charge < -0.3 is 20.4 Å². The Morgan fingerprint density at radius 1 is 1.22 bits per heavy atom. The highest BCUT2D eigenvalue weighted by atomic mass is 16.6. The monoisotopic (exact) mass is 250 g/mol. The van der Waals surface area contributed by atoms with Gasteiger partial charge in [-0.3, -0.25) is 0 Å². The smallest absolute Gasteiger partial charge is 0.328 e. The zero-order valence-electron chi connectivity index (χ0n) is 10.6. The van der Waals surface area contributed by atoms with Gasteiger partial charge in [-0.05, 0) is 31.9 Å². The fourth-order valence-corrected chi connectivity index (χ4v) is 1.33. The highest BCUT2D eigenvalue weighted by molar-refractivity contribution is 5.86. The molecule has 1 atom stereocenters. The normalized spacial score (nSPS) is 12.9. The van der Waals surface area contributed by atoms with Crippen LogP contribution in [0.4, 0.5) is 0 Å². The SMILES string of the molecule is CC(C)(C)OC(=O)[C@@H](N)c1ccc(C(=O)[O-])cc1. The molecular weight excluding hydrogens is 234 g/mol. The second kappa shape index (κ2) is 5.18. The predicted octanol–water partition coefficient (Wildman–Crippen LogP) is 0.392. The van der Waals surface area contributed by atoms with Crippen LogP contribution in [0, 0.1) is 0 Å². The number of carbonyl (C=O) groups excluding carboxylic acids is 2. The average molecular weight is 250 g/mol. The van der Waals surface area contributed by atoms with E-state index in [0.717, 1.165) is 0 Å². The minimum atomic E-state index is -1.27. The lowest BCUT2D eigenvalue weighted by Crippen LogP contribution is -2.31. The molecule has 0 aliphatic heterocycles. The van der Waals surface area contributed by atoms with E-state index in [2.05, 4.69) is 0 Å². The van der Waals surface area contributed by atoms with Crippen molar-refractivity contribution in [3.63, 3.8) is 0 Å². The lowest BCUT2D eigenvalue weighted by atomic mass is 10.1. The maximum Gasteiger partial charge on any atom is 0.328 e. The van der Waals surface area contributed by atoms with Crippen molar-refractivity contribution in [2.75, 3.05) is 0 Å². The molecule has 98 valence electrons. The number of nitrogens with two attached hydrogens (primary N) is 1. The lowest BCUT2D eigenvalue weighted by Gasteiger charge is -2.22. The highest BCUT2D eigenvalue weighted by Crippen LogP contribution is 2.17. The van der Waals surface area contributed by atoms with E-state index in [1.807, 2.05) is 0 Å². The highest BCUT2D eigenvalue weighted by Gasteiger charge is 2.23. The average Bonchev–Trinajstić information content (AvgIpc) is 2.26. The molecule has 0 aromatic heterocycles. The van der Waals surface area contributed by atoms with Gasteiger partial charge in [-0.15, -0.1) is 0 Å². The Labute approximate surface area is 106 Å². The summed E-state index contributed by atoms with van der Waals surface area (Å²) >= 11 is 0. The topological polar surface area (TPSA) is 92.5 Å². The van der Waals surface area contributed by atoms with Crippen molar-refractivity contribution >= 4 is 11.9 Å². The molecule has 0 bridgehead atoms. The molecule has 2 N–H and O–H groups in total. The van der Waals surface area contributed by atoms with E-state index in [-0.39, 0.29) is 5.56 Å². The van der Waals surface area contributed by atoms with Gasteiger partial charge in [0.15, 0.2) is 0 Å². The second-order valence-electron chi connectivity index (χ2n) is 4.92. The number of hydrogen-bond acceptors (Lipinski definition) is 5. The first-order chi connectivity index (χ1) is 8.20. The second-order valence-corrected chi connectivity index (χ2v) is 4.92. The summed E-state index contributed by atoms with van der Waals surface area (Å²) in [5.74, 6) is -1.82. The van der Waals surface area contributed by atoms with E-state index >= 15 is 0 Å². The van der Waals surface area contributed by atoms with Crippen molar-refractivity contribution in [1.29, 1.82) is 0 Å². The van der Waals surface area contributed by atoms with Gasteiger partial charge in [0.05, 0.1) is 5.97 Å². The zero-order chi connectivity index (χ0) is 13.9. The summed E-state index contributed by atoms with van der Waals surface area (Å²) in [6, 6.07) is 4.70. The summed E-state index contributed by atoms with van der Waals surface area (Å²) in [5.41, 5.74) is 5.65. The Kier molecular flexibility index (Phi) is 4.08. The van der Waals surface area contributed by atoms with Crippen LogP contribution in [0.5, 0.6) is 0 Å². The van der Waals surface area contributed by atoms with Crippen molar-refractivity contribution in [2.24, 2.45) is 5.73 Å². The summed E-state index contributed by atoms with van der Waals surface area (Å²) in [7, 11) is 0. The molecule has 1 aromatic rings. The zero-order valence-corrected chi connectivity index (χ0v) is 10.6. The van der Waals surface area contributed by atoms with Crippen LogP contribution in [0.15, 0.2) is 24.3 Å². The van der Waals surface area contributed by atoms with Crippen molar-refractivity contribution in [1.82, 2.24) is 0 Å². The molecule has 0 spiro atoms. The minimum absolute atomic E-state index is 0.0372. The van der Waals surface area contributed by atoms with Gasteiger partial charge in [-0.25, -0.2) is 4.79 Å². The first-order valence-corrected chi connectivity index (χ1v) is 5.50. The van der Waals surface area contributed by atoms with E-state index in [9.17, 15) is 14.7 Å². The summed E-state index contributed by atoms with van der Waals surface area (Å²) in [6.07, 6.45) is 0. The van der Waals surface area contributed by atoms with Gasteiger partial charge in [0, 0.05) is 0 Å². The molecule has 0 aliphatic carbocycles. The van der Waals surface area contributed by atoms with Crippen LogP contribution in [0.3, 0.4) is 0 Å². The number of carbonyl (C=O) groups is 2. The fourth-order valence-electron chi connectivity index (χ4n) is 1.33. The summed E-state index contributed by atoms with van der Waals surface area (Å²) in [4.78, 5) is 22.3. The molecule has 1 rings (SSSR count). The lowest BCUT2D eigenvalue weighted by molar-refractivity contribution is -0.255. The molecule has 0 saturated heterocycles. The number of carboxylic acid groups (broad SMARTS) is 1. The van der Waals surface area contributed by atoms with Crippen molar-refractivity contribution < 1.29 is 19.4 Å². The van der Waals surface area contributed by atoms with Gasteiger partial charge in [0.25, 0.3) is 0 Å². The van der Waals surface area contributed by atoms with Crippen LogP contribution in [0.25, 0.3) is 0 Å². The predicted molar refractivity (Wildman–Crippen MR) is 63.5 cm³/mol. The van der Waals surface area contributed by atoms with Gasteiger partial charge in [-0.1, -0.05) is 24.3 Å². The minimum Gasteiger partial charge on any atom is -0.545 e. The number of aromatic carboxylic acids is 1. The van der Waals surface area contributed by atoms with Crippen LogP contribution >= 0.6 is 0 Å². The van der Waals surface area contributed by atoms with Crippen LogP contribution in [0.2, 0.25) is 0 Å². The molecule has 5 heteroatoms. The Morgan fingerprint density at radius 3 is 2.11 bits per heavy atom. The van der Waals surface area contributed by atoms with Crippen molar-refractivity contribution in [2.45, 2.75) is 32.4 Å². The Bertz CT molecular complexity index is 445. The third kappa shape index (κ3) is 3.85. The molecule has 0 aliphatic rings. The molecule has 0 amide bonds. The summed E-state index contributed by atoms with van der Waals surface area (Å²) < 4.78 is 5.14. The quantitative estimate of drug-likeness (QED) is 0.783. The Hall–Kier alpha value is -1.88. The van der Waals surface area contributed by atoms with E-state index in [0.29, 0.717) is 5.56 Å². The molecule has 1 aromatic carbocycles. The number of ether oxygens (including phenoxy) is 1. The standard InChI is InChI=1S/C13H17NO4/c1-13(2,3)18-12(17)10(14)8-4-6-9(7-5-8)11(15)16/h4-7,10H,14H2,1-3H3,(H,15,16)/p-1/t10-/m0/s1. The third-order valence-corrected chi connectivity index (χ3v) is 2.17. The van der Waals surface area contributed by atoms with E-state index in [4.69, 9.17) is 10.5 Å². The third-order valence-electron chi connectivity index (χ3n) is 2.17. The number of carboxylic acids is 1. The van der Waals surface area contributed by atoms with Crippen molar-refractivity contribution in [3.8, 4) is 0 Å². The summed E-state index contributed by atoms with van der Waals surface area (Å²) in [6.45, 7) is 5.24. The molecule has 0 radical (unpaired) electrons. The van der Waals surface area contributed by atoms with Gasteiger partial charge in [-0.2, -0.15) is 0 Å². The molecule has 18 heavy (non-hydrogen) atoms.